The lowest BCUT2D eigenvalue weighted by molar-refractivity contribution is -0.139. The van der Waals surface area contributed by atoms with E-state index < -0.39 is 22.0 Å². The molecule has 0 heterocycles. The van der Waals surface area contributed by atoms with Gasteiger partial charge in [0.1, 0.15) is 6.04 Å². The summed E-state index contributed by atoms with van der Waals surface area (Å²) in [7, 11) is -3.92. The summed E-state index contributed by atoms with van der Waals surface area (Å²) in [5.74, 6) is -1.37. The molecule has 6 nitrogen and oxygen atoms in total. The van der Waals surface area contributed by atoms with Crippen molar-refractivity contribution in [3.63, 3.8) is 0 Å². The van der Waals surface area contributed by atoms with E-state index in [0.29, 0.717) is 12.0 Å². The third-order valence-corrected chi connectivity index (χ3v) is 4.50. The number of hydrogen-bond acceptors (Lipinski definition) is 4. The fourth-order valence-corrected chi connectivity index (χ4v) is 2.99. The average Bonchev–Trinajstić information content (AvgIpc) is 2.43. The minimum Gasteiger partial charge on any atom is -0.480 e. The van der Waals surface area contributed by atoms with Crippen LogP contribution in [0.15, 0.2) is 29.2 Å². The van der Waals surface area contributed by atoms with Crippen LogP contribution in [-0.2, 0) is 14.8 Å². The zero-order chi connectivity index (χ0) is 16.0. The monoisotopic (exact) mass is 313 g/mol. The summed E-state index contributed by atoms with van der Waals surface area (Å²) >= 11 is 0. The molecule has 1 unspecified atom stereocenters. The van der Waals surface area contributed by atoms with E-state index in [9.17, 15) is 18.0 Å². The number of carboxylic acid groups (broad SMARTS) is 1. The molecule has 0 spiro atoms. The number of aliphatic carboxylic acids is 1. The van der Waals surface area contributed by atoms with Crippen LogP contribution in [0.3, 0.4) is 0 Å². The van der Waals surface area contributed by atoms with E-state index in [2.05, 4.69) is 4.72 Å². The molecule has 0 amide bonds. The molecule has 2 N–H and O–H groups in total. The molecule has 1 atom stereocenters. The van der Waals surface area contributed by atoms with E-state index in [1.807, 2.05) is 6.92 Å². The van der Waals surface area contributed by atoms with E-state index >= 15 is 0 Å². The maximum Gasteiger partial charge on any atom is 0.321 e. The molecule has 7 heteroatoms. The maximum absolute atomic E-state index is 12.1. The van der Waals surface area contributed by atoms with Gasteiger partial charge < -0.3 is 5.11 Å². The van der Waals surface area contributed by atoms with E-state index in [4.69, 9.17) is 5.11 Å². The Balaban J connectivity index is 2.93. The van der Waals surface area contributed by atoms with Gasteiger partial charge in [0.25, 0.3) is 0 Å². The fraction of sp³-hybridized carbons (Fsp3) is 0.429. The predicted molar refractivity (Wildman–Crippen MR) is 77.7 cm³/mol. The van der Waals surface area contributed by atoms with E-state index in [1.54, 1.807) is 0 Å². The van der Waals surface area contributed by atoms with Gasteiger partial charge in [-0.05, 0) is 25.5 Å². The van der Waals surface area contributed by atoms with Crippen molar-refractivity contribution in [1.29, 1.82) is 0 Å². The Morgan fingerprint density at radius 2 is 1.81 bits per heavy atom. The van der Waals surface area contributed by atoms with Crippen molar-refractivity contribution in [2.45, 2.75) is 44.0 Å². The maximum atomic E-state index is 12.1. The first kappa shape index (κ1) is 17.3. The van der Waals surface area contributed by atoms with Gasteiger partial charge in [0.2, 0.25) is 10.0 Å². The van der Waals surface area contributed by atoms with Crippen molar-refractivity contribution in [3.05, 3.63) is 29.8 Å². The first-order valence-corrected chi connectivity index (χ1v) is 8.12. The molecule has 0 bridgehead atoms. The van der Waals surface area contributed by atoms with Crippen molar-refractivity contribution in [3.8, 4) is 0 Å². The minimum absolute atomic E-state index is 0.0600. The van der Waals surface area contributed by atoms with Crippen LogP contribution < -0.4 is 4.72 Å². The van der Waals surface area contributed by atoms with Crippen LogP contribution in [0.5, 0.6) is 0 Å². The second-order valence-electron chi connectivity index (χ2n) is 4.73. The van der Waals surface area contributed by atoms with Crippen LogP contribution in [0.25, 0.3) is 0 Å². The molecule has 116 valence electrons. The standard InChI is InChI=1S/C14H19NO5S/c1-3-4-5-13(14(17)18)15-21(19,20)12-8-6-11(7-9-12)10(2)16/h6-9,13,15H,3-5H2,1-2H3,(H,17,18). The van der Waals surface area contributed by atoms with E-state index in [0.717, 1.165) is 6.42 Å². The highest BCUT2D eigenvalue weighted by Gasteiger charge is 2.24. The molecule has 1 aromatic carbocycles. The van der Waals surface area contributed by atoms with Crippen molar-refractivity contribution < 1.29 is 23.1 Å². The Morgan fingerprint density at radius 1 is 1.24 bits per heavy atom. The third-order valence-electron chi connectivity index (χ3n) is 3.01. The van der Waals surface area contributed by atoms with Gasteiger partial charge in [-0.15, -0.1) is 0 Å². The minimum atomic E-state index is -3.92. The largest absolute Gasteiger partial charge is 0.480 e. The number of sulfonamides is 1. The van der Waals surface area contributed by atoms with Gasteiger partial charge >= 0.3 is 5.97 Å². The summed E-state index contributed by atoms with van der Waals surface area (Å²) in [6.07, 6.45) is 1.62. The number of carbonyl (C=O) groups is 2. The highest BCUT2D eigenvalue weighted by Crippen LogP contribution is 2.13. The molecule has 21 heavy (non-hydrogen) atoms. The predicted octanol–water partition coefficient (Wildman–Crippen LogP) is 1.81. The second kappa shape index (κ2) is 7.33. The van der Waals surface area contributed by atoms with Crippen LogP contribution in [0.2, 0.25) is 0 Å². The summed E-state index contributed by atoms with van der Waals surface area (Å²) < 4.78 is 26.4. The van der Waals surface area contributed by atoms with Gasteiger partial charge in [0.15, 0.2) is 5.78 Å². The highest BCUT2D eigenvalue weighted by molar-refractivity contribution is 7.89. The van der Waals surface area contributed by atoms with Crippen LogP contribution in [0.1, 0.15) is 43.5 Å². The first-order valence-electron chi connectivity index (χ1n) is 6.64. The number of hydrogen-bond donors (Lipinski definition) is 2. The lowest BCUT2D eigenvalue weighted by Crippen LogP contribution is -2.40. The van der Waals surface area contributed by atoms with Crippen LogP contribution in [0, 0.1) is 0 Å². The lowest BCUT2D eigenvalue weighted by Gasteiger charge is -2.14. The van der Waals surface area contributed by atoms with E-state index in [-0.39, 0.29) is 17.1 Å². The van der Waals surface area contributed by atoms with Crippen LogP contribution >= 0.6 is 0 Å². The normalized spacial score (nSPS) is 12.9. The number of Topliss-reactive ketones (excluding diaryl/α,β-unsaturated/α-hetero) is 1. The number of unbranched alkanes of at least 4 members (excludes halogenated alkanes) is 1. The lowest BCUT2D eigenvalue weighted by atomic mass is 10.1. The van der Waals surface area contributed by atoms with Gasteiger partial charge in [-0.25, -0.2) is 8.42 Å². The molecule has 0 aliphatic rings. The van der Waals surface area contributed by atoms with Gasteiger partial charge in [-0.3, -0.25) is 9.59 Å². The number of rotatable bonds is 8. The molecule has 0 fully saturated rings. The van der Waals surface area contributed by atoms with Crippen molar-refractivity contribution in [2.75, 3.05) is 0 Å². The summed E-state index contributed by atoms with van der Waals surface area (Å²) in [5.41, 5.74) is 0.398. The number of ketones is 1. The number of carboxylic acids is 1. The Morgan fingerprint density at radius 3 is 2.24 bits per heavy atom. The SMILES string of the molecule is CCCCC(NS(=O)(=O)c1ccc(C(C)=O)cc1)C(=O)O. The molecule has 0 saturated heterocycles. The molecule has 0 radical (unpaired) electrons. The number of nitrogens with one attached hydrogen (secondary N) is 1. The van der Waals surface area contributed by atoms with E-state index in [1.165, 1.54) is 31.2 Å². The molecule has 0 aromatic heterocycles. The van der Waals surface area contributed by atoms with Gasteiger partial charge in [-0.2, -0.15) is 4.72 Å². The topological polar surface area (TPSA) is 101 Å². The van der Waals surface area contributed by atoms with Gasteiger partial charge in [-0.1, -0.05) is 31.9 Å². The zero-order valence-electron chi connectivity index (χ0n) is 12.0. The highest BCUT2D eigenvalue weighted by atomic mass is 32.2. The molecule has 1 rings (SSSR count). The Labute approximate surface area is 124 Å². The summed E-state index contributed by atoms with van der Waals surface area (Å²) in [4.78, 5) is 22.2. The molecular formula is C14H19NO5S. The summed E-state index contributed by atoms with van der Waals surface area (Å²) in [6, 6.07) is 4.23. The Bertz CT molecular complexity index is 607. The van der Waals surface area contributed by atoms with Crippen molar-refractivity contribution >= 4 is 21.8 Å². The molecule has 0 saturated carbocycles. The zero-order valence-corrected chi connectivity index (χ0v) is 12.8. The molecule has 0 aliphatic heterocycles. The van der Waals surface area contributed by atoms with Gasteiger partial charge in [0, 0.05) is 5.56 Å². The summed E-state index contributed by atoms with van der Waals surface area (Å²) in [6.45, 7) is 3.28. The Kier molecular flexibility index (Phi) is 6.04. The average molecular weight is 313 g/mol. The second-order valence-corrected chi connectivity index (χ2v) is 6.45. The first-order chi connectivity index (χ1) is 9.77. The number of benzene rings is 1. The smallest absolute Gasteiger partial charge is 0.321 e. The molecule has 1 aromatic rings. The fourth-order valence-electron chi connectivity index (χ4n) is 1.77. The number of carbonyl (C=O) groups excluding carboxylic acids is 1. The van der Waals surface area contributed by atoms with Crippen LogP contribution in [-0.4, -0.2) is 31.3 Å². The summed E-state index contributed by atoms with van der Waals surface area (Å²) in [5, 5.41) is 9.06. The quantitative estimate of drug-likeness (QED) is 0.713. The Hall–Kier alpha value is -1.73. The van der Waals surface area contributed by atoms with Crippen LogP contribution in [0.4, 0.5) is 0 Å². The third kappa shape index (κ3) is 4.95. The van der Waals surface area contributed by atoms with Crippen molar-refractivity contribution in [2.24, 2.45) is 0 Å². The molecular weight excluding hydrogens is 294 g/mol. The van der Waals surface area contributed by atoms with Crippen molar-refractivity contribution in [1.82, 2.24) is 4.72 Å². The molecule has 0 aliphatic carbocycles. The van der Waals surface area contributed by atoms with Gasteiger partial charge in [0.05, 0.1) is 4.90 Å².